The molecule has 0 unspecified atom stereocenters. The molecule has 0 radical (unpaired) electrons. The number of rotatable bonds is 8. The molecule has 3 aliphatic rings. The minimum Gasteiger partial charge on any atom is -0.398 e. The first-order valence-electron chi connectivity index (χ1n) is 16.7. The second-order valence-corrected chi connectivity index (χ2v) is 13.1. The number of likely N-dealkylation sites (tertiary alicyclic amines) is 1. The van der Waals surface area contributed by atoms with Crippen LogP contribution in [0.25, 0.3) is 5.57 Å². The number of halogens is 3. The molecule has 3 aliphatic heterocycles. The van der Waals surface area contributed by atoms with Gasteiger partial charge in [-0.15, -0.1) is 0 Å². The number of carbonyl (C=O) groups excluding carboxylic acids is 2. The van der Waals surface area contributed by atoms with Crippen LogP contribution in [-0.4, -0.2) is 90.8 Å². The third-order valence-electron chi connectivity index (χ3n) is 9.92. The minimum atomic E-state index is -4.84. The van der Waals surface area contributed by atoms with Gasteiger partial charge in [-0.25, -0.2) is 9.98 Å². The molecule has 2 aromatic carbocycles. The molecule has 2 saturated heterocycles. The zero-order valence-corrected chi connectivity index (χ0v) is 28.4. The van der Waals surface area contributed by atoms with Gasteiger partial charge in [-0.2, -0.15) is 18.4 Å². The molecule has 12 nitrogen and oxygen atoms in total. The number of nitrogens with zero attached hydrogens (tertiary/aromatic N) is 6. The number of hydrogen-bond acceptors (Lipinski definition) is 8. The Hall–Kier alpha value is -5.88. The van der Waals surface area contributed by atoms with Crippen LogP contribution in [0.1, 0.15) is 52.8 Å². The van der Waals surface area contributed by atoms with E-state index in [4.69, 9.17) is 21.8 Å². The number of nitrogens with two attached hydrogens (primary N) is 1. The zero-order chi connectivity index (χ0) is 37.2. The van der Waals surface area contributed by atoms with Crippen molar-refractivity contribution in [1.82, 2.24) is 20.1 Å². The third-order valence-corrected chi connectivity index (χ3v) is 9.92. The monoisotopic (exact) mass is 710 g/mol. The van der Waals surface area contributed by atoms with Crippen molar-refractivity contribution in [3.05, 3.63) is 94.3 Å². The highest BCUT2D eigenvalue weighted by Crippen LogP contribution is 2.43. The van der Waals surface area contributed by atoms with E-state index < -0.39 is 22.8 Å². The van der Waals surface area contributed by atoms with Crippen molar-refractivity contribution in [3.8, 4) is 6.07 Å². The van der Waals surface area contributed by atoms with Crippen LogP contribution in [0.3, 0.4) is 0 Å². The number of nitrogens with one attached hydrogen (secondary N) is 3. The van der Waals surface area contributed by atoms with Gasteiger partial charge in [-0.3, -0.25) is 25.3 Å². The van der Waals surface area contributed by atoms with E-state index in [0.29, 0.717) is 69.3 Å². The number of carbonyl (C=O) groups is 2. The number of anilines is 2. The summed E-state index contributed by atoms with van der Waals surface area (Å²) < 4.78 is 40.7. The molecule has 268 valence electrons. The Bertz CT molecular complexity index is 2040. The summed E-state index contributed by atoms with van der Waals surface area (Å²) in [6.07, 6.45) is 1.56. The highest BCUT2D eigenvalue weighted by molar-refractivity contribution is 6.15. The number of hydrogen-bond donors (Lipinski definition) is 4. The number of aromatic nitrogens is 1. The van der Waals surface area contributed by atoms with Crippen molar-refractivity contribution < 1.29 is 22.8 Å². The van der Waals surface area contributed by atoms with Crippen molar-refractivity contribution in [3.63, 3.8) is 0 Å². The predicted octanol–water partition coefficient (Wildman–Crippen LogP) is 4.29. The van der Waals surface area contributed by atoms with Gasteiger partial charge in [-0.05, 0) is 61.2 Å². The number of alkyl halides is 3. The Kier molecular flexibility index (Phi) is 9.94. The normalized spacial score (nSPS) is 19.3. The summed E-state index contributed by atoms with van der Waals surface area (Å²) in [4.78, 5) is 40.4. The molecule has 1 aromatic heterocycles. The molecule has 52 heavy (non-hydrogen) atoms. The topological polar surface area (TPSA) is 179 Å². The maximum Gasteiger partial charge on any atom is 0.419 e. The first kappa shape index (κ1) is 35.9. The lowest BCUT2D eigenvalue weighted by atomic mass is 9.85. The number of aliphatic imine (C=N–C) groups is 1. The number of nitrogen functional groups attached to an aromatic ring is 1. The molecule has 2 amide bonds. The Balaban J connectivity index is 1.08. The molecular weight excluding hydrogens is 673 g/mol. The molecule has 0 saturated carbocycles. The minimum absolute atomic E-state index is 0.00601. The van der Waals surface area contributed by atoms with Crippen LogP contribution in [0.4, 0.5) is 24.5 Å². The molecule has 1 spiro atoms. The molecule has 15 heteroatoms. The Morgan fingerprint density at radius 3 is 2.54 bits per heavy atom. The summed E-state index contributed by atoms with van der Waals surface area (Å²) in [5.74, 6) is 0.0487. The summed E-state index contributed by atoms with van der Waals surface area (Å²) in [5.41, 5.74) is 6.58. The van der Waals surface area contributed by atoms with Gasteiger partial charge in [0.2, 0.25) is 11.8 Å². The van der Waals surface area contributed by atoms with Gasteiger partial charge in [0.05, 0.1) is 29.6 Å². The lowest BCUT2D eigenvalue weighted by Crippen LogP contribution is -2.43. The second-order valence-electron chi connectivity index (χ2n) is 13.1. The van der Waals surface area contributed by atoms with Crippen LogP contribution < -0.4 is 16.0 Å². The average molecular weight is 711 g/mol. The van der Waals surface area contributed by atoms with Crippen LogP contribution >= 0.6 is 0 Å². The highest BCUT2D eigenvalue weighted by atomic mass is 19.4. The van der Waals surface area contributed by atoms with E-state index in [1.165, 1.54) is 24.5 Å². The first-order valence-corrected chi connectivity index (χ1v) is 16.7. The fourth-order valence-electron chi connectivity index (χ4n) is 7.02. The standard InChI is InChI=1S/C37H37F3N10O2/c1-45-22-47-34(44)25-4-2-23(3-5-25)24-8-12-49(13-9-24)32(51)20-48-14-10-36(21-48)11-15-50(35(36)52)27-6-7-30(42)28(17-27)33(43)26-16-29(37(38,39)40)31(18-41)46-19-26/h2-8,16-17,19,22,43H,9-15,20-21,42H2,1H3,(H2,44,45,47)/t36-/m0/s1. The smallest absolute Gasteiger partial charge is 0.398 e. The van der Waals surface area contributed by atoms with Crippen LogP contribution in [0, 0.1) is 27.6 Å². The van der Waals surface area contributed by atoms with Gasteiger partial charge >= 0.3 is 6.18 Å². The summed E-state index contributed by atoms with van der Waals surface area (Å²) in [5, 5.41) is 28.6. The average Bonchev–Trinajstić information content (AvgIpc) is 3.71. The van der Waals surface area contributed by atoms with Crippen molar-refractivity contribution in [2.45, 2.75) is 25.4 Å². The maximum atomic E-state index is 13.9. The molecular formula is C37H37F3N10O2. The third kappa shape index (κ3) is 7.15. The Morgan fingerprint density at radius 2 is 1.87 bits per heavy atom. The van der Waals surface area contributed by atoms with Crippen molar-refractivity contribution in [1.29, 1.82) is 16.1 Å². The number of amides is 2. The Labute approximate surface area is 298 Å². The van der Waals surface area contributed by atoms with Gasteiger partial charge in [0.1, 0.15) is 6.07 Å². The van der Waals surface area contributed by atoms with Gasteiger partial charge < -0.3 is 20.9 Å². The van der Waals surface area contributed by atoms with Gasteiger partial charge in [0.25, 0.3) is 0 Å². The lowest BCUT2D eigenvalue weighted by Gasteiger charge is -2.29. The SMILES string of the molecule is CN/C=N\C(=N)c1ccc(C2=CCN(C(=O)CN3CC[C@]4(CCN(c5ccc(N)c(C(=N)c6cnc(C#N)c(C(F)(F)F)c6)c5)C4=O)C3)CC2)cc1. The Morgan fingerprint density at radius 1 is 1.12 bits per heavy atom. The van der Waals surface area contributed by atoms with Gasteiger partial charge in [-0.1, -0.05) is 30.3 Å². The van der Waals surface area contributed by atoms with Crippen LogP contribution in [-0.2, 0) is 15.8 Å². The van der Waals surface area contributed by atoms with E-state index in [1.54, 1.807) is 18.0 Å². The molecule has 2 fully saturated rings. The fourth-order valence-corrected chi connectivity index (χ4v) is 7.02. The number of amidine groups is 1. The number of benzene rings is 2. The highest BCUT2D eigenvalue weighted by Gasteiger charge is 2.51. The van der Waals surface area contributed by atoms with E-state index in [-0.39, 0.29) is 46.7 Å². The van der Waals surface area contributed by atoms with Crippen molar-refractivity contribution in [2.24, 2.45) is 10.4 Å². The van der Waals surface area contributed by atoms with Crippen LogP contribution in [0.15, 0.2) is 65.8 Å². The zero-order valence-electron chi connectivity index (χ0n) is 28.4. The van der Waals surface area contributed by atoms with E-state index in [2.05, 4.69) is 21.4 Å². The van der Waals surface area contributed by atoms with Crippen LogP contribution in [0.2, 0.25) is 0 Å². The lowest BCUT2D eigenvalue weighted by molar-refractivity contribution is -0.138. The quantitative estimate of drug-likeness (QED) is 0.153. The predicted molar refractivity (Wildman–Crippen MR) is 191 cm³/mol. The van der Waals surface area contributed by atoms with E-state index in [9.17, 15) is 22.8 Å². The molecule has 6 rings (SSSR count). The summed E-state index contributed by atoms with van der Waals surface area (Å²) in [6, 6.07) is 14.5. The van der Waals surface area contributed by atoms with E-state index in [1.807, 2.05) is 34.1 Å². The van der Waals surface area contributed by atoms with Gasteiger partial charge in [0, 0.05) is 67.5 Å². The molecule has 1 atom stereocenters. The molecule has 0 bridgehead atoms. The first-order chi connectivity index (χ1) is 24.8. The van der Waals surface area contributed by atoms with E-state index in [0.717, 1.165) is 17.3 Å². The number of pyridine rings is 1. The molecule has 3 aromatic rings. The van der Waals surface area contributed by atoms with Crippen molar-refractivity contribution in [2.75, 3.05) is 56.9 Å². The van der Waals surface area contributed by atoms with Gasteiger partial charge in [0.15, 0.2) is 11.5 Å². The largest absolute Gasteiger partial charge is 0.419 e. The second kappa shape index (κ2) is 14.4. The van der Waals surface area contributed by atoms with Crippen LogP contribution in [0.5, 0.6) is 0 Å². The summed E-state index contributed by atoms with van der Waals surface area (Å²) >= 11 is 0. The molecule has 0 aliphatic carbocycles. The summed E-state index contributed by atoms with van der Waals surface area (Å²) in [6.45, 7) is 2.67. The fraction of sp³-hybridized carbons (Fsp3) is 0.324. The summed E-state index contributed by atoms with van der Waals surface area (Å²) in [7, 11) is 1.72. The maximum absolute atomic E-state index is 13.9. The van der Waals surface area contributed by atoms with Crippen molar-refractivity contribution >= 4 is 46.6 Å². The molecule has 4 heterocycles. The molecule has 5 N–H and O–H groups in total. The van der Waals surface area contributed by atoms with E-state index >= 15 is 0 Å². The number of nitriles is 1.